The zero-order valence-electron chi connectivity index (χ0n) is 15.4. The van der Waals surface area contributed by atoms with Crippen molar-refractivity contribution in [3.8, 4) is 5.88 Å². The van der Waals surface area contributed by atoms with E-state index < -0.39 is 0 Å². The smallest absolute Gasteiger partial charge is 0.325 e. The molecule has 0 saturated carbocycles. The van der Waals surface area contributed by atoms with E-state index in [2.05, 4.69) is 11.9 Å². The van der Waals surface area contributed by atoms with Gasteiger partial charge in [-0.25, -0.2) is 9.78 Å². The first-order valence-electron chi connectivity index (χ1n) is 8.90. The summed E-state index contributed by atoms with van der Waals surface area (Å²) in [4.78, 5) is 33.1. The minimum atomic E-state index is -0.162. The van der Waals surface area contributed by atoms with Crippen LogP contribution in [-0.4, -0.2) is 47.9 Å². The molecule has 1 atom stereocenters. The molecule has 0 radical (unpaired) electrons. The zero-order valence-corrected chi connectivity index (χ0v) is 16.1. The molecule has 0 unspecified atom stereocenters. The van der Waals surface area contributed by atoms with E-state index in [0.29, 0.717) is 23.0 Å². The number of methoxy groups -OCH3 is 1. The molecule has 1 aliphatic rings. The quantitative estimate of drug-likeness (QED) is 0.673. The van der Waals surface area contributed by atoms with E-state index in [1.807, 2.05) is 12.1 Å². The maximum atomic E-state index is 13.0. The molecule has 0 spiro atoms. The van der Waals surface area contributed by atoms with Crippen LogP contribution in [0.4, 0.5) is 10.5 Å². The minimum Gasteiger partial charge on any atom is -0.481 e. The van der Waals surface area contributed by atoms with Crippen LogP contribution in [0, 0.1) is 0 Å². The van der Waals surface area contributed by atoms with E-state index in [1.165, 1.54) is 13.3 Å². The maximum Gasteiger partial charge on any atom is 0.325 e. The number of pyridine rings is 1. The van der Waals surface area contributed by atoms with Gasteiger partial charge < -0.3 is 9.64 Å². The Hall–Kier alpha value is -2.60. The van der Waals surface area contributed by atoms with Gasteiger partial charge >= 0.3 is 6.03 Å². The van der Waals surface area contributed by atoms with Gasteiger partial charge in [-0.2, -0.15) is 0 Å². The number of benzene rings is 1. The number of carbonyl (C=O) groups is 2. The number of ketones is 1. The number of urea groups is 1. The second kappa shape index (κ2) is 8.39. The molecule has 0 bridgehead atoms. The lowest BCUT2D eigenvalue weighted by atomic mass is 10.1. The second-order valence-corrected chi connectivity index (χ2v) is 6.89. The van der Waals surface area contributed by atoms with Crippen molar-refractivity contribution in [3.63, 3.8) is 0 Å². The predicted molar refractivity (Wildman–Crippen MR) is 105 cm³/mol. The van der Waals surface area contributed by atoms with Crippen molar-refractivity contribution < 1.29 is 14.3 Å². The molecule has 1 aromatic heterocycles. The fourth-order valence-electron chi connectivity index (χ4n) is 3.25. The van der Waals surface area contributed by atoms with Crippen molar-refractivity contribution in [1.29, 1.82) is 0 Å². The molecule has 2 amide bonds. The van der Waals surface area contributed by atoms with E-state index in [9.17, 15) is 9.59 Å². The molecular formula is C20H22ClN3O3. The molecule has 27 heavy (non-hydrogen) atoms. The van der Waals surface area contributed by atoms with Gasteiger partial charge in [0.05, 0.1) is 19.7 Å². The first kappa shape index (κ1) is 19.2. The summed E-state index contributed by atoms with van der Waals surface area (Å²) in [6.07, 6.45) is 3.30. The maximum absolute atomic E-state index is 13.0. The molecule has 0 aliphatic carbocycles. The number of hydrogen-bond donors (Lipinski definition) is 0. The number of ether oxygens (including phenoxy) is 1. The van der Waals surface area contributed by atoms with Gasteiger partial charge in [0, 0.05) is 35.1 Å². The Labute approximate surface area is 163 Å². The zero-order chi connectivity index (χ0) is 19.4. The van der Waals surface area contributed by atoms with Crippen LogP contribution >= 0.6 is 11.6 Å². The second-order valence-electron chi connectivity index (χ2n) is 6.45. The van der Waals surface area contributed by atoms with Crippen LogP contribution in [0.1, 0.15) is 30.1 Å². The number of aromatic nitrogens is 1. The van der Waals surface area contributed by atoms with Crippen molar-refractivity contribution in [1.82, 2.24) is 9.88 Å². The number of anilines is 1. The molecule has 3 rings (SSSR count). The number of halogens is 1. The first-order valence-corrected chi connectivity index (χ1v) is 9.28. The highest BCUT2D eigenvalue weighted by atomic mass is 35.5. The third-order valence-corrected chi connectivity index (χ3v) is 4.90. The normalized spacial score (nSPS) is 16.7. The summed E-state index contributed by atoms with van der Waals surface area (Å²) in [5.41, 5.74) is 1.26. The summed E-state index contributed by atoms with van der Waals surface area (Å²) in [6.45, 7) is 2.66. The van der Waals surface area contributed by atoms with Crippen LogP contribution in [-0.2, 0) is 0 Å². The van der Waals surface area contributed by atoms with Crippen LogP contribution in [0.15, 0.2) is 42.6 Å². The summed E-state index contributed by atoms with van der Waals surface area (Å²) in [7, 11) is 1.50. The van der Waals surface area contributed by atoms with E-state index in [4.69, 9.17) is 16.3 Å². The Morgan fingerprint density at radius 2 is 2.04 bits per heavy atom. The number of Topliss-reactive ketones (excluding diaryl/α,β-unsaturated/α-hetero) is 1. The highest BCUT2D eigenvalue weighted by Crippen LogP contribution is 2.27. The number of amides is 2. The van der Waals surface area contributed by atoms with Crippen molar-refractivity contribution in [2.24, 2.45) is 0 Å². The van der Waals surface area contributed by atoms with Gasteiger partial charge in [-0.15, -0.1) is 0 Å². The molecule has 2 heterocycles. The van der Waals surface area contributed by atoms with Crippen LogP contribution in [0.3, 0.4) is 0 Å². The van der Waals surface area contributed by atoms with E-state index in [-0.39, 0.29) is 24.4 Å². The van der Waals surface area contributed by atoms with Crippen LogP contribution < -0.4 is 9.64 Å². The number of rotatable bonds is 7. The summed E-state index contributed by atoms with van der Waals surface area (Å²) in [5, 5.41) is 0.620. The highest BCUT2D eigenvalue weighted by molar-refractivity contribution is 6.30. The van der Waals surface area contributed by atoms with Gasteiger partial charge in [0.25, 0.3) is 0 Å². The third-order valence-electron chi connectivity index (χ3n) is 4.65. The van der Waals surface area contributed by atoms with E-state index in [0.717, 1.165) is 18.5 Å². The minimum absolute atomic E-state index is 0.00846. The van der Waals surface area contributed by atoms with Gasteiger partial charge in [-0.3, -0.25) is 9.69 Å². The molecule has 1 fully saturated rings. The van der Waals surface area contributed by atoms with E-state index in [1.54, 1.807) is 34.1 Å². The molecule has 6 nitrogen and oxygen atoms in total. The Morgan fingerprint density at radius 1 is 1.30 bits per heavy atom. The number of carbonyl (C=O) groups excluding carboxylic acids is 2. The highest BCUT2D eigenvalue weighted by Gasteiger charge is 2.38. The predicted octanol–water partition coefficient (Wildman–Crippen LogP) is 4.04. The lowest BCUT2D eigenvalue weighted by molar-refractivity contribution is 0.0935. The van der Waals surface area contributed by atoms with Gasteiger partial charge in [-0.05, 0) is 36.8 Å². The molecule has 0 N–H and O–H groups in total. The van der Waals surface area contributed by atoms with E-state index >= 15 is 0 Å². The fraction of sp³-hybridized carbons (Fsp3) is 0.350. The Kier molecular flexibility index (Phi) is 5.96. The van der Waals surface area contributed by atoms with Crippen molar-refractivity contribution in [2.45, 2.75) is 25.8 Å². The Morgan fingerprint density at radius 3 is 2.70 bits per heavy atom. The fourth-order valence-corrected chi connectivity index (χ4v) is 3.38. The van der Waals surface area contributed by atoms with Crippen LogP contribution in [0.5, 0.6) is 5.88 Å². The van der Waals surface area contributed by atoms with Crippen LogP contribution in [0.25, 0.3) is 0 Å². The van der Waals surface area contributed by atoms with Crippen molar-refractivity contribution >= 4 is 29.1 Å². The Balaban J connectivity index is 1.80. The molecule has 1 aliphatic heterocycles. The molecule has 1 aromatic carbocycles. The van der Waals surface area contributed by atoms with Gasteiger partial charge in [0.2, 0.25) is 5.88 Å². The molecule has 2 aromatic rings. The SMILES string of the molecule is CCC[C@H]1CN(c2ccc(Cl)cc2)C(=O)N1CC(=O)c1ccnc(OC)c1. The largest absolute Gasteiger partial charge is 0.481 e. The summed E-state index contributed by atoms with van der Waals surface area (Å²) < 4.78 is 5.08. The lowest BCUT2D eigenvalue weighted by Gasteiger charge is -2.22. The third kappa shape index (κ3) is 4.22. The average Bonchev–Trinajstić information content (AvgIpc) is 2.98. The van der Waals surface area contributed by atoms with Gasteiger partial charge in [0.1, 0.15) is 0 Å². The number of hydrogen-bond acceptors (Lipinski definition) is 4. The molecule has 7 heteroatoms. The summed E-state index contributed by atoms with van der Waals surface area (Å²) in [5.74, 6) is 0.240. The monoisotopic (exact) mass is 387 g/mol. The summed E-state index contributed by atoms with van der Waals surface area (Å²) >= 11 is 5.95. The van der Waals surface area contributed by atoms with Crippen molar-refractivity contribution in [3.05, 3.63) is 53.2 Å². The molecular weight excluding hydrogens is 366 g/mol. The number of nitrogens with zero attached hydrogens (tertiary/aromatic N) is 3. The molecule has 142 valence electrons. The standard InChI is InChI=1S/C20H22ClN3O3/c1-3-4-17-12-23(16-7-5-15(21)6-8-16)20(26)24(17)13-18(25)14-9-10-22-19(11-14)27-2/h5-11,17H,3-4,12-13H2,1-2H3/t17-/m0/s1. The first-order chi connectivity index (χ1) is 13.0. The Bertz CT molecular complexity index is 825. The lowest BCUT2D eigenvalue weighted by Crippen LogP contribution is -2.39. The van der Waals surface area contributed by atoms with Gasteiger partial charge in [0.15, 0.2) is 5.78 Å². The molecule has 1 saturated heterocycles. The summed E-state index contributed by atoms with van der Waals surface area (Å²) in [6, 6.07) is 10.2. The average molecular weight is 388 g/mol. The topological polar surface area (TPSA) is 62.7 Å². The van der Waals surface area contributed by atoms with Crippen molar-refractivity contribution in [2.75, 3.05) is 25.1 Å². The van der Waals surface area contributed by atoms with Gasteiger partial charge in [-0.1, -0.05) is 24.9 Å². The van der Waals surface area contributed by atoms with Crippen LogP contribution in [0.2, 0.25) is 5.02 Å².